The van der Waals surface area contributed by atoms with Crippen LogP contribution in [-0.2, 0) is 14.9 Å². The van der Waals surface area contributed by atoms with Crippen LogP contribution in [0.4, 0.5) is 5.69 Å². The first-order chi connectivity index (χ1) is 9.94. The third-order valence-electron chi connectivity index (χ3n) is 3.19. The smallest absolute Gasteiger partial charge is 0.301 e. The van der Waals surface area contributed by atoms with E-state index in [1.165, 1.54) is 10.4 Å². The molecule has 0 aliphatic carbocycles. The van der Waals surface area contributed by atoms with Gasteiger partial charge in [0, 0.05) is 18.7 Å². The van der Waals surface area contributed by atoms with E-state index >= 15 is 0 Å². The van der Waals surface area contributed by atoms with E-state index in [1.807, 2.05) is 0 Å². The molecule has 8 nitrogen and oxygen atoms in total. The summed E-state index contributed by atoms with van der Waals surface area (Å²) in [5, 5.41) is 11.6. The van der Waals surface area contributed by atoms with Gasteiger partial charge in [0.25, 0.3) is 0 Å². The van der Waals surface area contributed by atoms with Crippen molar-refractivity contribution < 1.29 is 18.4 Å². The Labute approximate surface area is 123 Å². The Morgan fingerprint density at radius 2 is 2.10 bits per heavy atom. The number of oxime groups is 1. The molecular formula is C12H18N4O4S. The summed E-state index contributed by atoms with van der Waals surface area (Å²) in [7, 11) is -3.65. The van der Waals surface area contributed by atoms with Crippen molar-refractivity contribution in [2.75, 3.05) is 31.0 Å². The predicted molar refractivity (Wildman–Crippen MR) is 78.6 cm³/mol. The molecule has 0 saturated carbocycles. The summed E-state index contributed by atoms with van der Waals surface area (Å²) in [6.45, 7) is 3.16. The van der Waals surface area contributed by atoms with Crippen LogP contribution in [0.2, 0.25) is 0 Å². The van der Waals surface area contributed by atoms with Crippen molar-refractivity contribution in [3.05, 3.63) is 29.3 Å². The first-order valence-corrected chi connectivity index (χ1v) is 7.82. The molecule has 1 aromatic carbocycles. The summed E-state index contributed by atoms with van der Waals surface area (Å²) in [6.07, 6.45) is 0. The second-order valence-corrected chi connectivity index (χ2v) is 6.30. The van der Waals surface area contributed by atoms with Gasteiger partial charge in [-0.15, -0.1) is 0 Å². The average Bonchev–Trinajstić information content (AvgIpc) is 2.49. The van der Waals surface area contributed by atoms with Gasteiger partial charge in [0.2, 0.25) is 0 Å². The summed E-state index contributed by atoms with van der Waals surface area (Å²) in [5.41, 5.74) is 7.08. The highest BCUT2D eigenvalue weighted by molar-refractivity contribution is 7.90. The van der Waals surface area contributed by atoms with Crippen LogP contribution in [-0.4, -0.2) is 50.1 Å². The number of morpholine rings is 1. The summed E-state index contributed by atoms with van der Waals surface area (Å²) < 4.78 is 33.6. The second kappa shape index (κ2) is 6.29. The van der Waals surface area contributed by atoms with Crippen molar-refractivity contribution in [3.63, 3.8) is 0 Å². The number of benzene rings is 1. The molecule has 1 aliphatic heterocycles. The quantitative estimate of drug-likeness (QED) is 0.315. The van der Waals surface area contributed by atoms with Crippen LogP contribution in [0.1, 0.15) is 11.1 Å². The normalized spacial score (nSPS) is 17.7. The topological polar surface area (TPSA) is 117 Å². The Morgan fingerprint density at radius 3 is 2.71 bits per heavy atom. The molecular weight excluding hydrogens is 296 g/mol. The molecule has 0 aromatic heterocycles. The van der Waals surface area contributed by atoms with Gasteiger partial charge in [-0.1, -0.05) is 17.3 Å². The van der Waals surface area contributed by atoms with Gasteiger partial charge in [0.15, 0.2) is 5.84 Å². The maximum absolute atomic E-state index is 12.3. The van der Waals surface area contributed by atoms with E-state index in [-0.39, 0.29) is 5.84 Å². The predicted octanol–water partition coefficient (Wildman–Crippen LogP) is 0.0784. The van der Waals surface area contributed by atoms with Crippen LogP contribution >= 0.6 is 0 Å². The van der Waals surface area contributed by atoms with E-state index in [1.54, 1.807) is 19.1 Å². The van der Waals surface area contributed by atoms with Crippen LogP contribution in [0, 0.1) is 6.92 Å². The Bertz CT molecular complexity index is 639. The molecule has 1 fully saturated rings. The molecule has 4 N–H and O–H groups in total. The van der Waals surface area contributed by atoms with Gasteiger partial charge in [-0.05, 0) is 18.6 Å². The van der Waals surface area contributed by atoms with Crippen molar-refractivity contribution in [2.45, 2.75) is 6.92 Å². The van der Waals surface area contributed by atoms with Crippen molar-refractivity contribution >= 4 is 21.7 Å². The first-order valence-electron chi connectivity index (χ1n) is 6.38. The number of anilines is 1. The number of nitrogens with two attached hydrogens (primary N) is 1. The minimum Gasteiger partial charge on any atom is -0.409 e. The van der Waals surface area contributed by atoms with Gasteiger partial charge >= 0.3 is 10.2 Å². The lowest BCUT2D eigenvalue weighted by molar-refractivity contribution is 0.0733. The molecule has 1 aromatic rings. The minimum atomic E-state index is -3.65. The lowest BCUT2D eigenvalue weighted by Crippen LogP contribution is -2.43. The number of ether oxygens (including phenoxy) is 1. The summed E-state index contributed by atoms with van der Waals surface area (Å²) in [4.78, 5) is 0. The molecule has 0 spiro atoms. The first kappa shape index (κ1) is 15.5. The van der Waals surface area contributed by atoms with Gasteiger partial charge < -0.3 is 15.7 Å². The number of rotatable bonds is 4. The Balaban J connectivity index is 2.25. The molecule has 116 valence electrons. The molecule has 21 heavy (non-hydrogen) atoms. The largest absolute Gasteiger partial charge is 0.409 e. The number of amidine groups is 1. The number of aryl methyl sites for hydroxylation is 1. The summed E-state index contributed by atoms with van der Waals surface area (Å²) >= 11 is 0. The molecule has 0 amide bonds. The van der Waals surface area contributed by atoms with E-state index in [4.69, 9.17) is 15.7 Å². The fourth-order valence-electron chi connectivity index (χ4n) is 1.94. The zero-order chi connectivity index (χ0) is 15.5. The molecule has 1 heterocycles. The van der Waals surface area contributed by atoms with E-state index in [0.29, 0.717) is 37.6 Å². The van der Waals surface area contributed by atoms with Gasteiger partial charge in [-0.25, -0.2) is 0 Å². The van der Waals surface area contributed by atoms with Crippen LogP contribution < -0.4 is 10.5 Å². The van der Waals surface area contributed by atoms with Gasteiger partial charge in [-0.2, -0.15) is 12.7 Å². The fourth-order valence-corrected chi connectivity index (χ4v) is 3.20. The van der Waals surface area contributed by atoms with Crippen LogP contribution in [0.25, 0.3) is 0 Å². The zero-order valence-electron chi connectivity index (χ0n) is 11.6. The lowest BCUT2D eigenvalue weighted by atomic mass is 10.1. The minimum absolute atomic E-state index is 0.0816. The molecule has 0 radical (unpaired) electrons. The molecule has 0 bridgehead atoms. The highest BCUT2D eigenvalue weighted by Crippen LogP contribution is 2.20. The van der Waals surface area contributed by atoms with Crippen molar-refractivity contribution in [2.24, 2.45) is 10.9 Å². The number of hydrogen-bond donors (Lipinski definition) is 3. The third kappa shape index (κ3) is 3.63. The number of hydrogen-bond acceptors (Lipinski definition) is 5. The molecule has 0 atom stereocenters. The van der Waals surface area contributed by atoms with Gasteiger partial charge in [-0.3, -0.25) is 4.72 Å². The highest BCUT2D eigenvalue weighted by Gasteiger charge is 2.24. The van der Waals surface area contributed by atoms with Crippen LogP contribution in [0.3, 0.4) is 0 Å². The van der Waals surface area contributed by atoms with Crippen molar-refractivity contribution in [1.29, 1.82) is 0 Å². The molecule has 1 aliphatic rings. The van der Waals surface area contributed by atoms with E-state index < -0.39 is 10.2 Å². The standard InChI is InChI=1S/C12H18N4O4S/c1-9-2-3-10(12(13)14-17)8-11(9)15-21(18,19)16-4-6-20-7-5-16/h2-3,8,15,17H,4-7H2,1H3,(H2,13,14). The Kier molecular flexibility index (Phi) is 4.66. The van der Waals surface area contributed by atoms with Crippen LogP contribution in [0.5, 0.6) is 0 Å². The van der Waals surface area contributed by atoms with Crippen molar-refractivity contribution in [3.8, 4) is 0 Å². The molecule has 2 rings (SSSR count). The van der Waals surface area contributed by atoms with Crippen molar-refractivity contribution in [1.82, 2.24) is 4.31 Å². The monoisotopic (exact) mass is 314 g/mol. The van der Waals surface area contributed by atoms with Gasteiger partial charge in [0.1, 0.15) is 0 Å². The maximum Gasteiger partial charge on any atom is 0.301 e. The average molecular weight is 314 g/mol. The zero-order valence-corrected chi connectivity index (χ0v) is 12.4. The molecule has 0 unspecified atom stereocenters. The lowest BCUT2D eigenvalue weighted by Gasteiger charge is -2.26. The highest BCUT2D eigenvalue weighted by atomic mass is 32.2. The molecule has 9 heteroatoms. The molecule has 1 saturated heterocycles. The SMILES string of the molecule is Cc1ccc(C(N)=NO)cc1NS(=O)(=O)N1CCOCC1. The summed E-state index contributed by atoms with van der Waals surface area (Å²) in [6, 6.07) is 4.88. The van der Waals surface area contributed by atoms with Crippen LogP contribution in [0.15, 0.2) is 23.4 Å². The van der Waals surface area contributed by atoms with Gasteiger partial charge in [0.05, 0.1) is 18.9 Å². The second-order valence-electron chi connectivity index (χ2n) is 4.63. The van der Waals surface area contributed by atoms with E-state index in [9.17, 15) is 8.42 Å². The number of nitrogens with zero attached hydrogens (tertiary/aromatic N) is 2. The Morgan fingerprint density at radius 1 is 1.43 bits per heavy atom. The number of nitrogens with one attached hydrogen (secondary N) is 1. The maximum atomic E-state index is 12.3. The fraction of sp³-hybridized carbons (Fsp3) is 0.417. The van der Waals surface area contributed by atoms with E-state index in [0.717, 1.165) is 5.56 Å². The Hall–Kier alpha value is -1.84. The third-order valence-corrected chi connectivity index (χ3v) is 4.71. The summed E-state index contributed by atoms with van der Waals surface area (Å²) in [5.74, 6) is -0.0816. The van der Waals surface area contributed by atoms with E-state index in [2.05, 4.69) is 9.88 Å².